The summed E-state index contributed by atoms with van der Waals surface area (Å²) in [7, 11) is 0. The molecule has 0 aliphatic carbocycles. The Hall–Kier alpha value is -3.85. The number of thiazole rings is 1. The number of ether oxygens (including phenoxy) is 1. The standard InChI is InChI=1S/C25H24N4O4S/c1-4-33-24(32)22-17(3)27-25(34-22)29(13-18-10-6-5-7-11-18)20(30)14-28-15-26-21-16(2)9-8-12-19(21)23(28)31/h5-12,15H,4,13-14H2,1-3H3. The van der Waals surface area contributed by atoms with Crippen molar-refractivity contribution in [1.82, 2.24) is 14.5 Å². The van der Waals surface area contributed by atoms with Gasteiger partial charge in [-0.25, -0.2) is 14.8 Å². The lowest BCUT2D eigenvalue weighted by molar-refractivity contribution is -0.119. The maximum absolute atomic E-state index is 13.5. The molecule has 0 spiro atoms. The molecule has 2 aromatic heterocycles. The number of hydrogen-bond acceptors (Lipinski definition) is 7. The molecule has 0 saturated carbocycles. The van der Waals surface area contributed by atoms with Crippen LogP contribution in [0.4, 0.5) is 5.13 Å². The molecule has 0 radical (unpaired) electrons. The molecule has 34 heavy (non-hydrogen) atoms. The zero-order chi connectivity index (χ0) is 24.2. The van der Waals surface area contributed by atoms with Gasteiger partial charge < -0.3 is 4.74 Å². The van der Waals surface area contributed by atoms with E-state index in [0.29, 0.717) is 26.6 Å². The number of benzene rings is 2. The summed E-state index contributed by atoms with van der Waals surface area (Å²) in [6.45, 7) is 5.60. The van der Waals surface area contributed by atoms with E-state index >= 15 is 0 Å². The van der Waals surface area contributed by atoms with Gasteiger partial charge in [-0.1, -0.05) is 53.8 Å². The summed E-state index contributed by atoms with van der Waals surface area (Å²) in [6.07, 6.45) is 1.40. The first kappa shape index (κ1) is 23.3. The monoisotopic (exact) mass is 476 g/mol. The van der Waals surface area contributed by atoms with Gasteiger partial charge in [0.05, 0.1) is 36.1 Å². The summed E-state index contributed by atoms with van der Waals surface area (Å²) in [5, 5.41) is 0.826. The predicted molar refractivity (Wildman–Crippen MR) is 131 cm³/mol. The third-order valence-electron chi connectivity index (χ3n) is 5.32. The second-order valence-corrected chi connectivity index (χ2v) is 8.72. The topological polar surface area (TPSA) is 94.4 Å². The number of rotatable bonds is 7. The Bertz CT molecular complexity index is 1410. The third-order valence-corrected chi connectivity index (χ3v) is 6.48. The molecule has 8 nitrogen and oxygen atoms in total. The molecule has 4 rings (SSSR count). The van der Waals surface area contributed by atoms with Gasteiger partial charge in [0.1, 0.15) is 11.4 Å². The highest BCUT2D eigenvalue weighted by Gasteiger charge is 2.25. The molecule has 0 saturated heterocycles. The van der Waals surface area contributed by atoms with Crippen molar-refractivity contribution in [2.75, 3.05) is 11.5 Å². The molecule has 2 aromatic carbocycles. The fraction of sp³-hybridized carbons (Fsp3) is 0.240. The van der Waals surface area contributed by atoms with E-state index in [-0.39, 0.29) is 31.2 Å². The van der Waals surface area contributed by atoms with Crippen LogP contribution in [0, 0.1) is 13.8 Å². The lowest BCUT2D eigenvalue weighted by Crippen LogP contribution is -2.36. The quantitative estimate of drug-likeness (QED) is 0.376. The fourth-order valence-corrected chi connectivity index (χ4v) is 4.57. The number of carbonyl (C=O) groups is 2. The smallest absolute Gasteiger partial charge is 0.350 e. The molecule has 1 amide bonds. The first-order valence-corrected chi connectivity index (χ1v) is 11.6. The Morgan fingerprint density at radius 2 is 1.85 bits per heavy atom. The number of fused-ring (bicyclic) bond motifs is 1. The highest BCUT2D eigenvalue weighted by atomic mass is 32.1. The van der Waals surface area contributed by atoms with E-state index in [1.807, 2.05) is 43.3 Å². The van der Waals surface area contributed by atoms with Gasteiger partial charge in [0.25, 0.3) is 5.56 Å². The molecule has 0 atom stereocenters. The molecular formula is C25H24N4O4S. The molecule has 4 aromatic rings. The van der Waals surface area contributed by atoms with E-state index in [4.69, 9.17) is 4.74 Å². The first-order valence-electron chi connectivity index (χ1n) is 10.8. The Kier molecular flexibility index (Phi) is 6.83. The molecular weight excluding hydrogens is 452 g/mol. The van der Waals surface area contributed by atoms with E-state index in [9.17, 15) is 14.4 Å². The predicted octanol–water partition coefficient (Wildman–Crippen LogP) is 3.88. The van der Waals surface area contributed by atoms with Crippen LogP contribution in [0.1, 0.15) is 33.4 Å². The van der Waals surface area contributed by atoms with Crippen molar-refractivity contribution < 1.29 is 14.3 Å². The number of anilines is 1. The highest BCUT2D eigenvalue weighted by molar-refractivity contribution is 7.17. The summed E-state index contributed by atoms with van der Waals surface area (Å²) in [4.78, 5) is 49.5. The van der Waals surface area contributed by atoms with Gasteiger partial charge in [0, 0.05) is 0 Å². The van der Waals surface area contributed by atoms with Crippen molar-refractivity contribution >= 4 is 39.2 Å². The van der Waals surface area contributed by atoms with E-state index < -0.39 is 5.97 Å². The number of para-hydroxylation sites is 1. The SMILES string of the molecule is CCOC(=O)c1sc(N(Cc2ccccc2)C(=O)Cn2cnc3c(C)cccc3c2=O)nc1C. The van der Waals surface area contributed by atoms with Gasteiger partial charge in [0.2, 0.25) is 5.91 Å². The zero-order valence-electron chi connectivity index (χ0n) is 19.1. The molecule has 9 heteroatoms. The molecule has 0 fully saturated rings. The minimum atomic E-state index is -0.471. The summed E-state index contributed by atoms with van der Waals surface area (Å²) < 4.78 is 6.42. The lowest BCUT2D eigenvalue weighted by atomic mass is 10.1. The lowest BCUT2D eigenvalue weighted by Gasteiger charge is -2.20. The molecule has 174 valence electrons. The summed E-state index contributed by atoms with van der Waals surface area (Å²) >= 11 is 1.10. The van der Waals surface area contributed by atoms with Crippen LogP contribution in [0.2, 0.25) is 0 Å². The normalized spacial score (nSPS) is 10.9. The third kappa shape index (κ3) is 4.74. The van der Waals surface area contributed by atoms with Crippen molar-refractivity contribution in [3.8, 4) is 0 Å². The van der Waals surface area contributed by atoms with Crippen molar-refractivity contribution in [3.63, 3.8) is 0 Å². The second-order valence-electron chi connectivity index (χ2n) is 7.75. The van der Waals surface area contributed by atoms with Crippen LogP contribution in [0.5, 0.6) is 0 Å². The van der Waals surface area contributed by atoms with Gasteiger partial charge in [-0.05, 0) is 38.0 Å². The maximum Gasteiger partial charge on any atom is 0.350 e. The molecule has 0 N–H and O–H groups in total. The van der Waals surface area contributed by atoms with Crippen LogP contribution in [0.25, 0.3) is 10.9 Å². The number of carbonyl (C=O) groups excluding carboxylic acids is 2. The Labute approximate surface area is 200 Å². The van der Waals surface area contributed by atoms with Crippen LogP contribution in [0.3, 0.4) is 0 Å². The van der Waals surface area contributed by atoms with E-state index in [1.54, 1.807) is 26.0 Å². The molecule has 0 bridgehead atoms. The van der Waals surface area contributed by atoms with Gasteiger partial charge in [-0.2, -0.15) is 0 Å². The summed E-state index contributed by atoms with van der Waals surface area (Å²) in [5.74, 6) is -0.815. The summed E-state index contributed by atoms with van der Waals surface area (Å²) in [6, 6.07) is 14.9. The van der Waals surface area contributed by atoms with Gasteiger partial charge >= 0.3 is 5.97 Å². The molecule has 0 aliphatic rings. The Morgan fingerprint density at radius 1 is 1.09 bits per heavy atom. The van der Waals surface area contributed by atoms with Gasteiger partial charge in [0.15, 0.2) is 5.13 Å². The van der Waals surface area contributed by atoms with Crippen molar-refractivity contribution in [1.29, 1.82) is 0 Å². The van der Waals surface area contributed by atoms with Crippen molar-refractivity contribution in [2.24, 2.45) is 0 Å². The van der Waals surface area contributed by atoms with E-state index in [2.05, 4.69) is 9.97 Å². The van der Waals surface area contributed by atoms with Gasteiger partial charge in [-0.15, -0.1) is 0 Å². The Morgan fingerprint density at radius 3 is 2.59 bits per heavy atom. The second kappa shape index (κ2) is 9.96. The van der Waals surface area contributed by atoms with Crippen LogP contribution < -0.4 is 10.5 Å². The minimum absolute atomic E-state index is 0.212. The van der Waals surface area contributed by atoms with Crippen molar-refractivity contribution in [2.45, 2.75) is 33.9 Å². The van der Waals surface area contributed by atoms with Crippen LogP contribution in [0.15, 0.2) is 59.7 Å². The first-order chi connectivity index (χ1) is 16.4. The maximum atomic E-state index is 13.5. The van der Waals surface area contributed by atoms with Crippen molar-refractivity contribution in [3.05, 3.63) is 86.9 Å². The minimum Gasteiger partial charge on any atom is -0.462 e. The van der Waals surface area contributed by atoms with Crippen LogP contribution in [-0.2, 0) is 22.6 Å². The van der Waals surface area contributed by atoms with E-state index in [0.717, 1.165) is 22.5 Å². The number of aromatic nitrogens is 3. The Balaban J connectivity index is 1.70. The fourth-order valence-electron chi connectivity index (χ4n) is 3.59. The average Bonchev–Trinajstić information content (AvgIpc) is 3.22. The highest BCUT2D eigenvalue weighted by Crippen LogP contribution is 2.28. The zero-order valence-corrected chi connectivity index (χ0v) is 20.0. The molecule has 0 aliphatic heterocycles. The molecule has 0 unspecified atom stereocenters. The number of esters is 1. The van der Waals surface area contributed by atoms with Crippen LogP contribution in [-0.4, -0.2) is 33.0 Å². The number of amides is 1. The summed E-state index contributed by atoms with van der Waals surface area (Å²) in [5.41, 5.74) is 2.60. The largest absolute Gasteiger partial charge is 0.462 e. The average molecular weight is 477 g/mol. The van der Waals surface area contributed by atoms with Crippen LogP contribution >= 0.6 is 11.3 Å². The number of nitrogens with zero attached hydrogens (tertiary/aromatic N) is 4. The molecule has 2 heterocycles. The van der Waals surface area contributed by atoms with Gasteiger partial charge in [-0.3, -0.25) is 19.1 Å². The van der Waals surface area contributed by atoms with E-state index in [1.165, 1.54) is 15.8 Å². The number of aryl methyl sites for hydroxylation is 2. The number of hydrogen-bond donors (Lipinski definition) is 0.